The van der Waals surface area contributed by atoms with E-state index >= 15 is 0 Å². The van der Waals surface area contributed by atoms with Crippen LogP contribution >= 0.6 is 11.6 Å². The maximum absolute atomic E-state index is 12.1. The number of H-pyrrole nitrogens is 1. The van der Waals surface area contributed by atoms with Gasteiger partial charge in [-0.15, -0.1) is 0 Å². The number of aromatic amines is 1. The number of carboxylic acid groups (broad SMARTS) is 1. The second-order valence-electron chi connectivity index (χ2n) is 4.16. The highest BCUT2D eigenvalue weighted by Crippen LogP contribution is 2.20. The number of carboxylic acids is 1. The molecule has 0 aliphatic heterocycles. The predicted molar refractivity (Wildman–Crippen MR) is 72.8 cm³/mol. The van der Waals surface area contributed by atoms with Crippen LogP contribution in [0, 0.1) is 0 Å². The van der Waals surface area contributed by atoms with Gasteiger partial charge < -0.3 is 9.90 Å². The molecular formula is C13H11ClN2O4S. The summed E-state index contributed by atoms with van der Waals surface area (Å²) < 4.78 is 26.6. The van der Waals surface area contributed by atoms with Crippen LogP contribution in [0.3, 0.4) is 0 Å². The first-order valence-corrected chi connectivity index (χ1v) is 7.72. The summed E-state index contributed by atoms with van der Waals surface area (Å²) in [6.45, 7) is 0.0836. The average Bonchev–Trinajstić information content (AvgIpc) is 2.46. The third-order valence-corrected chi connectivity index (χ3v) is 4.45. The van der Waals surface area contributed by atoms with Crippen LogP contribution in [-0.2, 0) is 16.6 Å². The van der Waals surface area contributed by atoms with Crippen molar-refractivity contribution in [3.05, 3.63) is 58.9 Å². The fourth-order valence-electron chi connectivity index (χ4n) is 1.63. The number of benzene rings is 1. The highest BCUT2D eigenvalue weighted by Gasteiger charge is 2.16. The van der Waals surface area contributed by atoms with Crippen molar-refractivity contribution in [1.82, 2.24) is 4.72 Å². The average molecular weight is 327 g/mol. The van der Waals surface area contributed by atoms with Crippen LogP contribution < -0.4 is 14.8 Å². The van der Waals surface area contributed by atoms with E-state index in [1.807, 2.05) is 0 Å². The van der Waals surface area contributed by atoms with Gasteiger partial charge in [0.15, 0.2) is 12.4 Å². The number of halogens is 1. The van der Waals surface area contributed by atoms with E-state index in [9.17, 15) is 18.3 Å². The lowest BCUT2D eigenvalue weighted by atomic mass is 10.2. The molecule has 21 heavy (non-hydrogen) atoms. The van der Waals surface area contributed by atoms with E-state index in [2.05, 4.69) is 9.71 Å². The van der Waals surface area contributed by atoms with Gasteiger partial charge in [0.25, 0.3) is 0 Å². The van der Waals surface area contributed by atoms with Crippen molar-refractivity contribution in [2.75, 3.05) is 0 Å². The number of hydrogen-bond acceptors (Lipinski definition) is 4. The molecule has 0 saturated carbocycles. The molecule has 6 nitrogen and oxygen atoms in total. The van der Waals surface area contributed by atoms with Crippen molar-refractivity contribution < 1.29 is 23.3 Å². The SMILES string of the molecule is O=C([O-])c1cc(S(=O)(=O)NCc2cc[nH+]cc2)ccc1Cl. The van der Waals surface area contributed by atoms with E-state index in [-0.39, 0.29) is 22.0 Å². The first-order chi connectivity index (χ1) is 9.90. The normalized spacial score (nSPS) is 11.3. The zero-order chi connectivity index (χ0) is 15.5. The van der Waals surface area contributed by atoms with Crippen molar-refractivity contribution in [1.29, 1.82) is 0 Å². The molecule has 110 valence electrons. The van der Waals surface area contributed by atoms with E-state index in [0.29, 0.717) is 0 Å². The third kappa shape index (κ3) is 3.78. The Balaban J connectivity index is 2.24. The van der Waals surface area contributed by atoms with E-state index in [1.165, 1.54) is 12.1 Å². The van der Waals surface area contributed by atoms with Crippen LogP contribution in [0.25, 0.3) is 0 Å². The Kier molecular flexibility index (Phi) is 4.56. The zero-order valence-electron chi connectivity index (χ0n) is 10.7. The lowest BCUT2D eigenvalue weighted by Crippen LogP contribution is -2.26. The van der Waals surface area contributed by atoms with Crippen molar-refractivity contribution in [3.63, 3.8) is 0 Å². The van der Waals surface area contributed by atoms with Gasteiger partial charge in [-0.3, -0.25) is 0 Å². The Labute approximate surface area is 126 Å². The van der Waals surface area contributed by atoms with E-state index in [0.717, 1.165) is 11.6 Å². The van der Waals surface area contributed by atoms with Crippen LogP contribution in [-0.4, -0.2) is 14.4 Å². The Bertz CT molecular complexity index is 763. The first-order valence-electron chi connectivity index (χ1n) is 5.86. The molecule has 1 heterocycles. The lowest BCUT2D eigenvalue weighted by Gasteiger charge is -2.10. The summed E-state index contributed by atoms with van der Waals surface area (Å²) in [5, 5.41) is 10.8. The summed E-state index contributed by atoms with van der Waals surface area (Å²) in [5.41, 5.74) is 0.389. The van der Waals surface area contributed by atoms with E-state index in [4.69, 9.17) is 11.6 Å². The highest BCUT2D eigenvalue weighted by atomic mass is 35.5. The maximum atomic E-state index is 12.1. The highest BCUT2D eigenvalue weighted by molar-refractivity contribution is 7.89. The number of carbonyl (C=O) groups excluding carboxylic acids is 1. The molecule has 0 amide bonds. The molecule has 2 aromatic rings. The van der Waals surface area contributed by atoms with Gasteiger partial charge in [0, 0.05) is 29.3 Å². The van der Waals surface area contributed by atoms with E-state index in [1.54, 1.807) is 24.5 Å². The number of nitrogens with one attached hydrogen (secondary N) is 2. The molecule has 0 aliphatic rings. The summed E-state index contributed by atoms with van der Waals surface area (Å²) in [6.07, 6.45) is 3.33. The zero-order valence-corrected chi connectivity index (χ0v) is 12.2. The smallest absolute Gasteiger partial charge is 0.240 e. The molecule has 8 heteroatoms. The molecule has 0 atom stereocenters. The monoisotopic (exact) mass is 326 g/mol. The maximum Gasteiger partial charge on any atom is 0.240 e. The van der Waals surface area contributed by atoms with Gasteiger partial charge >= 0.3 is 0 Å². The summed E-state index contributed by atoms with van der Waals surface area (Å²) in [5.74, 6) is -1.53. The van der Waals surface area contributed by atoms with Gasteiger partial charge in [0.1, 0.15) is 0 Å². The third-order valence-electron chi connectivity index (χ3n) is 2.72. The van der Waals surface area contributed by atoms with Crippen molar-refractivity contribution >= 4 is 27.6 Å². The number of pyridine rings is 1. The Morgan fingerprint density at radius 1 is 1.24 bits per heavy atom. The van der Waals surface area contributed by atoms with Gasteiger partial charge in [0.2, 0.25) is 10.0 Å². The topological polar surface area (TPSA) is 100 Å². The minimum absolute atomic E-state index is 0.0763. The number of rotatable bonds is 5. The minimum atomic E-state index is -3.84. The number of aromatic nitrogens is 1. The van der Waals surface area contributed by atoms with Crippen molar-refractivity contribution in [2.45, 2.75) is 11.4 Å². The largest absolute Gasteiger partial charge is 0.545 e. The molecule has 0 radical (unpaired) electrons. The number of hydrogen-bond donors (Lipinski definition) is 1. The molecule has 0 unspecified atom stereocenters. The van der Waals surface area contributed by atoms with E-state index < -0.39 is 16.0 Å². The minimum Gasteiger partial charge on any atom is -0.545 e. The van der Waals surface area contributed by atoms with Gasteiger partial charge in [-0.25, -0.2) is 18.1 Å². The van der Waals surface area contributed by atoms with Crippen LogP contribution in [0.2, 0.25) is 5.02 Å². The molecule has 0 spiro atoms. The lowest BCUT2D eigenvalue weighted by molar-refractivity contribution is -0.378. The molecule has 0 saturated heterocycles. The van der Waals surface area contributed by atoms with Gasteiger partial charge in [-0.2, -0.15) is 0 Å². The predicted octanol–water partition coefficient (Wildman–Crippen LogP) is -0.00390. The number of carbonyl (C=O) groups is 1. The molecule has 0 fully saturated rings. The first kappa shape index (κ1) is 15.4. The molecular weight excluding hydrogens is 316 g/mol. The van der Waals surface area contributed by atoms with Gasteiger partial charge in [-0.05, 0) is 23.8 Å². The summed E-state index contributed by atoms with van der Waals surface area (Å²) in [7, 11) is -3.84. The van der Waals surface area contributed by atoms with Crippen LogP contribution in [0.15, 0.2) is 47.6 Å². The van der Waals surface area contributed by atoms with Crippen molar-refractivity contribution in [3.8, 4) is 0 Å². The number of sulfonamides is 1. The van der Waals surface area contributed by atoms with Gasteiger partial charge in [-0.1, -0.05) is 11.6 Å². The van der Waals surface area contributed by atoms with Crippen LogP contribution in [0.4, 0.5) is 0 Å². The molecule has 2 rings (SSSR count). The molecule has 0 aliphatic carbocycles. The standard InChI is InChI=1S/C13H11ClN2O4S/c14-12-2-1-10(7-11(12)13(17)18)21(19,20)16-8-9-3-5-15-6-4-9/h1-7,16H,8H2,(H,17,18). The second-order valence-corrected chi connectivity index (χ2v) is 6.34. The Morgan fingerprint density at radius 3 is 2.52 bits per heavy atom. The molecule has 2 N–H and O–H groups in total. The summed E-state index contributed by atoms with van der Waals surface area (Å²) in [6, 6.07) is 6.85. The second kappa shape index (κ2) is 6.21. The Hall–Kier alpha value is -1.96. The summed E-state index contributed by atoms with van der Waals surface area (Å²) in [4.78, 5) is 13.5. The van der Waals surface area contributed by atoms with Gasteiger partial charge in [0.05, 0.1) is 10.9 Å². The Morgan fingerprint density at radius 2 is 1.90 bits per heavy atom. The van der Waals surface area contributed by atoms with Crippen LogP contribution in [0.5, 0.6) is 0 Å². The fraction of sp³-hybridized carbons (Fsp3) is 0.0769. The number of aromatic carboxylic acids is 1. The summed E-state index contributed by atoms with van der Waals surface area (Å²) >= 11 is 5.67. The molecule has 0 bridgehead atoms. The fourth-order valence-corrected chi connectivity index (χ4v) is 2.87. The van der Waals surface area contributed by atoms with Crippen molar-refractivity contribution in [2.24, 2.45) is 0 Å². The van der Waals surface area contributed by atoms with Crippen LogP contribution in [0.1, 0.15) is 15.9 Å². The molecule has 1 aromatic heterocycles. The molecule has 1 aromatic carbocycles. The quantitative estimate of drug-likeness (QED) is 0.835.